The Morgan fingerprint density at radius 1 is 0.667 bits per heavy atom. The lowest BCUT2D eigenvalue weighted by Crippen LogP contribution is -2.16. The zero-order valence-corrected chi connectivity index (χ0v) is 21.7. The molecular formula is C29H52O4. The second-order valence-corrected chi connectivity index (χ2v) is 9.22. The largest absolute Gasteiger partial charge is 0.481 e. The Morgan fingerprint density at radius 2 is 1.24 bits per heavy atom. The highest BCUT2D eigenvalue weighted by molar-refractivity contribution is 5.69. The highest BCUT2D eigenvalue weighted by Gasteiger charge is 2.11. The molecule has 0 amide bonds. The average Bonchev–Trinajstić information content (AvgIpc) is 2.79. The van der Waals surface area contributed by atoms with E-state index >= 15 is 0 Å². The van der Waals surface area contributed by atoms with Gasteiger partial charge in [-0.05, 0) is 63.9 Å². The molecule has 4 nitrogen and oxygen atoms in total. The van der Waals surface area contributed by atoms with E-state index in [0.29, 0.717) is 6.42 Å². The maximum atomic E-state index is 12.3. The number of hydrogen-bond donors (Lipinski definition) is 1. The standard InChI is InChI=1S/C29H52O4/c1-3-5-7-8-9-10-11-12-13-14-15-16-22-26-29(32)33-27(23-19-6-4-2)24-20-17-18-21-25-28(30)31/h10-11,19,23,27H,3-9,12-18,20-22,24-26H2,1-2H3,(H,30,31)/b11-10-,23-19-. The summed E-state index contributed by atoms with van der Waals surface area (Å²) in [5, 5.41) is 8.70. The minimum atomic E-state index is -0.727. The molecule has 0 aromatic carbocycles. The number of carboxylic acids is 1. The molecule has 33 heavy (non-hydrogen) atoms. The van der Waals surface area contributed by atoms with E-state index in [-0.39, 0.29) is 18.5 Å². The van der Waals surface area contributed by atoms with E-state index in [2.05, 4.69) is 32.1 Å². The van der Waals surface area contributed by atoms with Gasteiger partial charge < -0.3 is 9.84 Å². The van der Waals surface area contributed by atoms with Crippen LogP contribution >= 0.6 is 0 Å². The first-order valence-corrected chi connectivity index (χ1v) is 13.8. The van der Waals surface area contributed by atoms with Crippen LogP contribution in [-0.4, -0.2) is 23.1 Å². The summed E-state index contributed by atoms with van der Waals surface area (Å²) >= 11 is 0. The maximum absolute atomic E-state index is 12.3. The molecule has 0 aromatic heterocycles. The van der Waals surface area contributed by atoms with Crippen LogP contribution in [-0.2, 0) is 14.3 Å². The van der Waals surface area contributed by atoms with Gasteiger partial charge in [-0.15, -0.1) is 0 Å². The topological polar surface area (TPSA) is 63.6 Å². The highest BCUT2D eigenvalue weighted by Crippen LogP contribution is 2.14. The van der Waals surface area contributed by atoms with Crippen LogP contribution in [0.15, 0.2) is 24.3 Å². The van der Waals surface area contributed by atoms with Gasteiger partial charge in [-0.2, -0.15) is 0 Å². The molecule has 0 aliphatic carbocycles. The van der Waals surface area contributed by atoms with E-state index < -0.39 is 5.97 Å². The predicted molar refractivity (Wildman–Crippen MR) is 139 cm³/mol. The van der Waals surface area contributed by atoms with Crippen molar-refractivity contribution in [2.75, 3.05) is 0 Å². The Bertz CT molecular complexity index is 510. The molecule has 0 radical (unpaired) electrons. The van der Waals surface area contributed by atoms with E-state index in [1.807, 2.05) is 6.08 Å². The Balaban J connectivity index is 3.84. The minimum absolute atomic E-state index is 0.0852. The van der Waals surface area contributed by atoms with Gasteiger partial charge in [0.25, 0.3) is 0 Å². The number of unbranched alkanes of at least 4 members (excludes halogenated alkanes) is 13. The fraction of sp³-hybridized carbons (Fsp3) is 0.793. The van der Waals surface area contributed by atoms with E-state index in [4.69, 9.17) is 9.84 Å². The average molecular weight is 465 g/mol. The van der Waals surface area contributed by atoms with Crippen molar-refractivity contribution in [1.29, 1.82) is 0 Å². The molecule has 0 aromatic rings. The summed E-state index contributed by atoms with van der Waals surface area (Å²) in [6.07, 6.45) is 29.3. The molecule has 0 spiro atoms. The first-order chi connectivity index (χ1) is 16.1. The summed E-state index contributed by atoms with van der Waals surface area (Å²) in [6.45, 7) is 4.39. The summed E-state index contributed by atoms with van der Waals surface area (Å²) in [4.78, 5) is 22.8. The van der Waals surface area contributed by atoms with Gasteiger partial charge in [0.2, 0.25) is 0 Å². The monoisotopic (exact) mass is 464 g/mol. The van der Waals surface area contributed by atoms with Gasteiger partial charge in [0.1, 0.15) is 6.10 Å². The molecule has 0 rings (SSSR count). The Labute approximate surface area is 204 Å². The number of ether oxygens (including phenoxy) is 1. The third-order valence-electron chi connectivity index (χ3n) is 5.86. The molecule has 192 valence electrons. The van der Waals surface area contributed by atoms with Gasteiger partial charge in [-0.1, -0.05) is 89.9 Å². The second kappa shape index (κ2) is 25.1. The quantitative estimate of drug-likeness (QED) is 0.0879. The zero-order chi connectivity index (χ0) is 24.4. The van der Waals surface area contributed by atoms with Gasteiger partial charge in [-0.25, -0.2) is 0 Å². The second-order valence-electron chi connectivity index (χ2n) is 9.22. The van der Waals surface area contributed by atoms with Crippen molar-refractivity contribution < 1.29 is 19.4 Å². The van der Waals surface area contributed by atoms with Crippen molar-refractivity contribution in [3.63, 3.8) is 0 Å². The molecule has 0 aliphatic rings. The lowest BCUT2D eigenvalue weighted by Gasteiger charge is -2.14. The molecule has 0 bridgehead atoms. The molecule has 0 saturated heterocycles. The van der Waals surface area contributed by atoms with Crippen LogP contribution in [0.2, 0.25) is 0 Å². The number of hydrogen-bond acceptors (Lipinski definition) is 3. The molecule has 0 heterocycles. The Morgan fingerprint density at radius 3 is 1.88 bits per heavy atom. The van der Waals surface area contributed by atoms with Crippen molar-refractivity contribution in [2.24, 2.45) is 0 Å². The van der Waals surface area contributed by atoms with E-state index in [1.54, 1.807) is 0 Å². The van der Waals surface area contributed by atoms with Crippen LogP contribution in [0.25, 0.3) is 0 Å². The van der Waals surface area contributed by atoms with Crippen molar-refractivity contribution >= 4 is 11.9 Å². The Kier molecular flexibility index (Phi) is 23.9. The van der Waals surface area contributed by atoms with Crippen LogP contribution < -0.4 is 0 Å². The van der Waals surface area contributed by atoms with E-state index in [1.165, 1.54) is 57.8 Å². The van der Waals surface area contributed by atoms with Crippen LogP contribution in [0.5, 0.6) is 0 Å². The van der Waals surface area contributed by atoms with Gasteiger partial charge in [0.15, 0.2) is 0 Å². The zero-order valence-electron chi connectivity index (χ0n) is 21.7. The number of esters is 1. The number of carbonyl (C=O) groups is 2. The molecule has 0 fully saturated rings. The molecule has 1 N–H and O–H groups in total. The molecule has 4 heteroatoms. The fourth-order valence-corrected chi connectivity index (χ4v) is 3.80. The Hall–Kier alpha value is -1.58. The summed E-state index contributed by atoms with van der Waals surface area (Å²) < 4.78 is 5.72. The third kappa shape index (κ3) is 24.9. The van der Waals surface area contributed by atoms with Crippen LogP contribution in [0.4, 0.5) is 0 Å². The predicted octanol–water partition coefficient (Wildman–Crippen LogP) is 8.94. The summed E-state index contributed by atoms with van der Waals surface area (Å²) in [6, 6.07) is 0. The van der Waals surface area contributed by atoms with Gasteiger partial charge in [0, 0.05) is 12.8 Å². The van der Waals surface area contributed by atoms with Crippen molar-refractivity contribution in [1.82, 2.24) is 0 Å². The number of rotatable bonds is 24. The van der Waals surface area contributed by atoms with Crippen LogP contribution in [0.3, 0.4) is 0 Å². The summed E-state index contributed by atoms with van der Waals surface area (Å²) in [7, 11) is 0. The van der Waals surface area contributed by atoms with E-state index in [9.17, 15) is 9.59 Å². The first-order valence-electron chi connectivity index (χ1n) is 13.8. The van der Waals surface area contributed by atoms with Crippen LogP contribution in [0.1, 0.15) is 142 Å². The van der Waals surface area contributed by atoms with Gasteiger partial charge >= 0.3 is 11.9 Å². The SMILES string of the molecule is CCC/C=C\C(CCCCCCC(=O)O)OC(=O)CCCCCCC/C=C\CCCCCC. The van der Waals surface area contributed by atoms with Crippen molar-refractivity contribution in [3.05, 3.63) is 24.3 Å². The third-order valence-corrected chi connectivity index (χ3v) is 5.86. The lowest BCUT2D eigenvalue weighted by molar-refractivity contribution is -0.147. The van der Waals surface area contributed by atoms with Gasteiger partial charge in [0.05, 0.1) is 0 Å². The number of aliphatic carboxylic acids is 1. The van der Waals surface area contributed by atoms with Crippen molar-refractivity contribution in [3.8, 4) is 0 Å². The number of carbonyl (C=O) groups excluding carboxylic acids is 1. The smallest absolute Gasteiger partial charge is 0.306 e. The highest BCUT2D eigenvalue weighted by atomic mass is 16.5. The molecule has 1 unspecified atom stereocenters. The molecule has 0 aliphatic heterocycles. The van der Waals surface area contributed by atoms with Crippen LogP contribution in [0, 0.1) is 0 Å². The fourth-order valence-electron chi connectivity index (χ4n) is 3.80. The first kappa shape index (κ1) is 31.4. The van der Waals surface area contributed by atoms with Gasteiger partial charge in [-0.3, -0.25) is 9.59 Å². The molecular weight excluding hydrogens is 412 g/mol. The molecule has 1 atom stereocenters. The normalized spacial score (nSPS) is 12.5. The van der Waals surface area contributed by atoms with Crippen molar-refractivity contribution in [2.45, 2.75) is 148 Å². The summed E-state index contributed by atoms with van der Waals surface area (Å²) in [5.74, 6) is -0.813. The minimum Gasteiger partial charge on any atom is -0.481 e. The number of allylic oxidation sites excluding steroid dienone is 3. The number of carboxylic acid groups (broad SMARTS) is 1. The summed E-state index contributed by atoms with van der Waals surface area (Å²) in [5.41, 5.74) is 0. The molecule has 0 saturated carbocycles. The maximum Gasteiger partial charge on any atom is 0.306 e. The van der Waals surface area contributed by atoms with E-state index in [0.717, 1.165) is 57.8 Å². The lowest BCUT2D eigenvalue weighted by atomic mass is 10.1.